The molecule has 0 fully saturated rings. The molecule has 0 aliphatic rings. The van der Waals surface area contributed by atoms with Gasteiger partial charge in [0.1, 0.15) is 5.82 Å². The Kier molecular flexibility index (Phi) is 2.78. The molecule has 2 aromatic rings. The van der Waals surface area contributed by atoms with Crippen LogP contribution in [0.2, 0.25) is 0 Å². The number of benzene rings is 1. The van der Waals surface area contributed by atoms with Gasteiger partial charge >= 0.3 is 0 Å². The molecule has 78 valence electrons. The minimum Gasteiger partial charge on any atom is -0.329 e. The molecule has 0 atom stereocenters. The van der Waals surface area contributed by atoms with Crippen LogP contribution in [-0.2, 0) is 6.54 Å². The van der Waals surface area contributed by atoms with E-state index in [0.29, 0.717) is 6.54 Å². The van der Waals surface area contributed by atoms with E-state index in [2.05, 4.69) is 10.2 Å². The van der Waals surface area contributed by atoms with Crippen LogP contribution in [0.3, 0.4) is 0 Å². The van der Waals surface area contributed by atoms with Crippen molar-refractivity contribution >= 4 is 0 Å². The van der Waals surface area contributed by atoms with E-state index >= 15 is 0 Å². The van der Waals surface area contributed by atoms with E-state index < -0.39 is 0 Å². The smallest absolute Gasteiger partial charge is 0.163 e. The summed E-state index contributed by atoms with van der Waals surface area (Å²) in [5.41, 5.74) is 6.63. The summed E-state index contributed by atoms with van der Waals surface area (Å²) < 4.78 is 2.04. The van der Waals surface area contributed by atoms with Crippen LogP contribution in [0, 0.1) is 6.92 Å². The van der Waals surface area contributed by atoms with Gasteiger partial charge in [0.25, 0.3) is 0 Å². The molecule has 0 unspecified atom stereocenters. The molecule has 0 aliphatic heterocycles. The highest BCUT2D eigenvalue weighted by Gasteiger charge is 2.09. The zero-order chi connectivity index (χ0) is 10.7. The first-order valence-electron chi connectivity index (χ1n) is 4.98. The van der Waals surface area contributed by atoms with Gasteiger partial charge < -0.3 is 10.3 Å². The van der Waals surface area contributed by atoms with Crippen molar-refractivity contribution < 1.29 is 0 Å². The van der Waals surface area contributed by atoms with Crippen molar-refractivity contribution in [3.8, 4) is 11.4 Å². The fourth-order valence-electron chi connectivity index (χ4n) is 1.58. The molecule has 0 radical (unpaired) electrons. The summed E-state index contributed by atoms with van der Waals surface area (Å²) in [5.74, 6) is 1.79. The maximum absolute atomic E-state index is 5.56. The second-order valence-corrected chi connectivity index (χ2v) is 3.38. The van der Waals surface area contributed by atoms with Crippen molar-refractivity contribution in [1.29, 1.82) is 0 Å². The molecule has 1 aromatic carbocycles. The van der Waals surface area contributed by atoms with Gasteiger partial charge in [-0.1, -0.05) is 30.3 Å². The first-order valence-corrected chi connectivity index (χ1v) is 4.98. The zero-order valence-corrected chi connectivity index (χ0v) is 8.72. The third-order valence-corrected chi connectivity index (χ3v) is 2.32. The molecule has 4 heteroatoms. The second kappa shape index (κ2) is 4.23. The average Bonchev–Trinajstić information content (AvgIpc) is 2.63. The van der Waals surface area contributed by atoms with Crippen LogP contribution in [0.15, 0.2) is 30.3 Å². The topological polar surface area (TPSA) is 56.7 Å². The number of nitrogens with zero attached hydrogens (tertiary/aromatic N) is 3. The van der Waals surface area contributed by atoms with Gasteiger partial charge in [0, 0.05) is 18.7 Å². The number of nitrogens with two attached hydrogens (primary N) is 1. The maximum Gasteiger partial charge on any atom is 0.163 e. The van der Waals surface area contributed by atoms with Gasteiger partial charge in [-0.3, -0.25) is 0 Å². The Labute approximate surface area is 88.8 Å². The predicted octanol–water partition coefficient (Wildman–Crippen LogP) is 1.21. The highest BCUT2D eigenvalue weighted by molar-refractivity contribution is 5.54. The largest absolute Gasteiger partial charge is 0.329 e. The van der Waals surface area contributed by atoms with Gasteiger partial charge in [0.15, 0.2) is 5.82 Å². The van der Waals surface area contributed by atoms with Gasteiger partial charge in [0.2, 0.25) is 0 Å². The zero-order valence-electron chi connectivity index (χ0n) is 8.72. The Morgan fingerprint density at radius 3 is 2.60 bits per heavy atom. The van der Waals surface area contributed by atoms with Crippen molar-refractivity contribution in [3.63, 3.8) is 0 Å². The molecule has 4 nitrogen and oxygen atoms in total. The first-order chi connectivity index (χ1) is 7.33. The molecule has 0 saturated heterocycles. The van der Waals surface area contributed by atoms with E-state index in [9.17, 15) is 0 Å². The van der Waals surface area contributed by atoms with Crippen LogP contribution in [0.4, 0.5) is 0 Å². The van der Waals surface area contributed by atoms with Gasteiger partial charge in [-0.25, -0.2) is 0 Å². The SMILES string of the molecule is Cc1nnc(-c2ccccc2)n1CCN. The number of hydrogen-bond donors (Lipinski definition) is 1. The molecule has 2 N–H and O–H groups in total. The number of aryl methyl sites for hydroxylation is 1. The molecule has 0 saturated carbocycles. The van der Waals surface area contributed by atoms with Crippen LogP contribution >= 0.6 is 0 Å². The van der Waals surface area contributed by atoms with E-state index in [1.807, 2.05) is 41.8 Å². The first kappa shape index (κ1) is 9.86. The summed E-state index contributed by atoms with van der Waals surface area (Å²) in [6.45, 7) is 3.29. The van der Waals surface area contributed by atoms with Crippen molar-refractivity contribution in [1.82, 2.24) is 14.8 Å². The quantitative estimate of drug-likeness (QED) is 0.814. The molecule has 0 amide bonds. The number of hydrogen-bond acceptors (Lipinski definition) is 3. The van der Waals surface area contributed by atoms with E-state index in [-0.39, 0.29) is 0 Å². The number of aromatic nitrogens is 3. The molecule has 1 heterocycles. The highest BCUT2D eigenvalue weighted by Crippen LogP contribution is 2.16. The summed E-state index contributed by atoms with van der Waals surface area (Å²) in [7, 11) is 0. The van der Waals surface area contributed by atoms with Gasteiger partial charge in [-0.15, -0.1) is 10.2 Å². The van der Waals surface area contributed by atoms with Crippen LogP contribution in [0.5, 0.6) is 0 Å². The van der Waals surface area contributed by atoms with Crippen molar-refractivity contribution in [3.05, 3.63) is 36.2 Å². The molecule has 15 heavy (non-hydrogen) atoms. The number of rotatable bonds is 3. The Balaban J connectivity index is 2.44. The summed E-state index contributed by atoms with van der Waals surface area (Å²) >= 11 is 0. The highest BCUT2D eigenvalue weighted by atomic mass is 15.3. The van der Waals surface area contributed by atoms with Crippen LogP contribution < -0.4 is 5.73 Å². The van der Waals surface area contributed by atoms with E-state index in [1.54, 1.807) is 0 Å². The monoisotopic (exact) mass is 202 g/mol. The minimum atomic E-state index is 0.596. The van der Waals surface area contributed by atoms with Gasteiger partial charge in [-0.05, 0) is 6.92 Å². The lowest BCUT2D eigenvalue weighted by molar-refractivity contribution is 0.690. The standard InChI is InChI=1S/C11H14N4/c1-9-13-14-11(15(9)8-7-12)10-5-3-2-4-6-10/h2-6H,7-8,12H2,1H3. The van der Waals surface area contributed by atoms with Crippen molar-refractivity contribution in [2.24, 2.45) is 5.73 Å². The molecule has 0 bridgehead atoms. The van der Waals surface area contributed by atoms with Crippen LogP contribution in [0.1, 0.15) is 5.82 Å². The van der Waals surface area contributed by atoms with Gasteiger partial charge in [-0.2, -0.15) is 0 Å². The summed E-state index contributed by atoms with van der Waals surface area (Å²) in [6.07, 6.45) is 0. The second-order valence-electron chi connectivity index (χ2n) is 3.38. The Bertz CT molecular complexity index is 433. The molecule has 0 spiro atoms. The Morgan fingerprint density at radius 2 is 1.93 bits per heavy atom. The van der Waals surface area contributed by atoms with E-state index in [0.717, 1.165) is 23.8 Å². The van der Waals surface area contributed by atoms with E-state index in [4.69, 9.17) is 5.73 Å². The van der Waals surface area contributed by atoms with Crippen molar-refractivity contribution in [2.75, 3.05) is 6.54 Å². The minimum absolute atomic E-state index is 0.596. The van der Waals surface area contributed by atoms with Crippen molar-refractivity contribution in [2.45, 2.75) is 13.5 Å². The Hall–Kier alpha value is -1.68. The lowest BCUT2D eigenvalue weighted by Crippen LogP contribution is -2.12. The molecular formula is C11H14N4. The Morgan fingerprint density at radius 1 is 1.20 bits per heavy atom. The predicted molar refractivity (Wildman–Crippen MR) is 59.2 cm³/mol. The lowest BCUT2D eigenvalue weighted by atomic mass is 10.2. The fourth-order valence-corrected chi connectivity index (χ4v) is 1.58. The average molecular weight is 202 g/mol. The summed E-state index contributed by atoms with van der Waals surface area (Å²) in [4.78, 5) is 0. The fraction of sp³-hybridized carbons (Fsp3) is 0.273. The lowest BCUT2D eigenvalue weighted by Gasteiger charge is -2.06. The molecule has 2 rings (SSSR count). The molecule has 1 aromatic heterocycles. The summed E-state index contributed by atoms with van der Waals surface area (Å²) in [5, 5.41) is 8.23. The van der Waals surface area contributed by atoms with Crippen LogP contribution in [0.25, 0.3) is 11.4 Å². The van der Waals surface area contributed by atoms with Gasteiger partial charge in [0.05, 0.1) is 0 Å². The van der Waals surface area contributed by atoms with Crippen LogP contribution in [-0.4, -0.2) is 21.3 Å². The maximum atomic E-state index is 5.56. The third kappa shape index (κ3) is 1.89. The normalized spacial score (nSPS) is 10.5. The summed E-state index contributed by atoms with van der Waals surface area (Å²) in [6, 6.07) is 10.0. The molecular weight excluding hydrogens is 188 g/mol. The molecule has 0 aliphatic carbocycles. The third-order valence-electron chi connectivity index (χ3n) is 2.32. The van der Waals surface area contributed by atoms with E-state index in [1.165, 1.54) is 0 Å².